The molecular weight excluding hydrogens is 280 g/mol. The molecule has 0 spiro atoms. The van der Waals surface area contributed by atoms with E-state index in [0.717, 1.165) is 0 Å². The first kappa shape index (κ1) is 15.3. The molecule has 0 saturated heterocycles. The van der Waals surface area contributed by atoms with Crippen molar-refractivity contribution in [1.82, 2.24) is 0 Å². The fourth-order valence-corrected chi connectivity index (χ4v) is 1.45. The Morgan fingerprint density at radius 1 is 1.26 bits per heavy atom. The molecule has 0 bridgehead atoms. The van der Waals surface area contributed by atoms with E-state index in [2.05, 4.69) is 0 Å². The molecular formula is C10H7F6NO2. The number of halogens is 6. The minimum Gasteiger partial charge on any atom is -0.481 e. The lowest BCUT2D eigenvalue weighted by molar-refractivity contribution is -0.141. The molecule has 1 aromatic carbocycles. The first-order chi connectivity index (χ1) is 8.55. The summed E-state index contributed by atoms with van der Waals surface area (Å²) in [6, 6.07) is -2.05. The van der Waals surface area contributed by atoms with Gasteiger partial charge in [-0.2, -0.15) is 13.2 Å². The molecule has 1 atom stereocenters. The molecule has 0 aromatic heterocycles. The van der Waals surface area contributed by atoms with Crippen LogP contribution in [0.5, 0.6) is 0 Å². The number of aliphatic carboxylic acids is 1. The van der Waals surface area contributed by atoms with Gasteiger partial charge in [-0.05, 0) is 6.07 Å². The monoisotopic (exact) mass is 287 g/mol. The van der Waals surface area contributed by atoms with Crippen LogP contribution in [-0.2, 0) is 11.0 Å². The molecule has 19 heavy (non-hydrogen) atoms. The highest BCUT2D eigenvalue weighted by molar-refractivity contribution is 5.68. The van der Waals surface area contributed by atoms with E-state index in [1.165, 1.54) is 0 Å². The van der Waals surface area contributed by atoms with Crippen molar-refractivity contribution in [3.8, 4) is 0 Å². The zero-order valence-corrected chi connectivity index (χ0v) is 9.06. The molecule has 9 heteroatoms. The third-order valence-corrected chi connectivity index (χ3v) is 2.26. The van der Waals surface area contributed by atoms with Gasteiger partial charge in [-0.3, -0.25) is 4.79 Å². The summed E-state index contributed by atoms with van der Waals surface area (Å²) in [5.41, 5.74) is 1.77. The number of carboxylic acid groups (broad SMARTS) is 1. The Morgan fingerprint density at radius 3 is 2.21 bits per heavy atom. The lowest BCUT2D eigenvalue weighted by atomic mass is 10.0. The third-order valence-electron chi connectivity index (χ3n) is 2.26. The normalized spacial score (nSPS) is 13.4. The summed E-state index contributed by atoms with van der Waals surface area (Å²) < 4.78 is 76.6. The Morgan fingerprint density at radius 2 is 1.79 bits per heavy atom. The maximum atomic E-state index is 13.4. The standard InChI is InChI=1S/C10H7F6NO2/c11-4-1-3(10(14,15)16)8(12)9(13)7(4)5(17)2-6(18)19/h1,5H,2,17H2,(H,18,19). The Balaban J connectivity index is 3.38. The van der Waals surface area contributed by atoms with Crippen molar-refractivity contribution in [2.24, 2.45) is 5.73 Å². The van der Waals surface area contributed by atoms with E-state index in [1.54, 1.807) is 0 Å². The van der Waals surface area contributed by atoms with Gasteiger partial charge in [0.25, 0.3) is 0 Å². The van der Waals surface area contributed by atoms with Crippen molar-refractivity contribution in [1.29, 1.82) is 0 Å². The molecule has 0 radical (unpaired) electrons. The van der Waals surface area contributed by atoms with Gasteiger partial charge < -0.3 is 10.8 Å². The predicted molar refractivity (Wildman–Crippen MR) is 50.5 cm³/mol. The highest BCUT2D eigenvalue weighted by atomic mass is 19.4. The summed E-state index contributed by atoms with van der Waals surface area (Å²) in [7, 11) is 0. The van der Waals surface area contributed by atoms with Gasteiger partial charge in [-0.25, -0.2) is 13.2 Å². The van der Waals surface area contributed by atoms with Crippen LogP contribution >= 0.6 is 0 Å². The molecule has 0 aliphatic heterocycles. The first-order valence-electron chi connectivity index (χ1n) is 4.77. The van der Waals surface area contributed by atoms with Crippen LogP contribution in [0.15, 0.2) is 6.07 Å². The molecule has 3 nitrogen and oxygen atoms in total. The van der Waals surface area contributed by atoms with Gasteiger partial charge in [0.1, 0.15) is 5.82 Å². The number of carboxylic acids is 1. The quantitative estimate of drug-likeness (QED) is 0.663. The van der Waals surface area contributed by atoms with E-state index in [1.807, 2.05) is 0 Å². The van der Waals surface area contributed by atoms with Crippen molar-refractivity contribution in [2.75, 3.05) is 0 Å². The van der Waals surface area contributed by atoms with Crippen molar-refractivity contribution in [3.63, 3.8) is 0 Å². The van der Waals surface area contributed by atoms with Gasteiger partial charge in [0.15, 0.2) is 11.6 Å². The van der Waals surface area contributed by atoms with Gasteiger partial charge in [-0.1, -0.05) is 0 Å². The van der Waals surface area contributed by atoms with E-state index >= 15 is 0 Å². The SMILES string of the molecule is NC(CC(=O)O)c1c(F)cc(C(F)(F)F)c(F)c1F. The molecule has 0 heterocycles. The Hall–Kier alpha value is -1.77. The Bertz CT molecular complexity index is 514. The third kappa shape index (κ3) is 3.16. The van der Waals surface area contributed by atoms with Crippen molar-refractivity contribution >= 4 is 5.97 Å². The molecule has 1 unspecified atom stereocenters. The van der Waals surface area contributed by atoms with Crippen LogP contribution in [0.1, 0.15) is 23.6 Å². The summed E-state index contributed by atoms with van der Waals surface area (Å²) in [5, 5.41) is 8.38. The van der Waals surface area contributed by atoms with Crippen LogP contribution in [-0.4, -0.2) is 11.1 Å². The highest BCUT2D eigenvalue weighted by Gasteiger charge is 2.38. The number of hydrogen-bond acceptors (Lipinski definition) is 2. The summed E-state index contributed by atoms with van der Waals surface area (Å²) in [6.07, 6.45) is -6.24. The molecule has 0 fully saturated rings. The van der Waals surface area contributed by atoms with Gasteiger partial charge in [0.05, 0.1) is 12.0 Å². The number of nitrogens with two attached hydrogens (primary N) is 1. The van der Waals surface area contributed by atoms with Crippen LogP contribution in [0.3, 0.4) is 0 Å². The van der Waals surface area contributed by atoms with Gasteiger partial charge in [0, 0.05) is 11.6 Å². The molecule has 1 rings (SSSR count). The topological polar surface area (TPSA) is 63.3 Å². The Kier molecular flexibility index (Phi) is 4.09. The highest BCUT2D eigenvalue weighted by Crippen LogP contribution is 2.35. The molecule has 106 valence electrons. The van der Waals surface area contributed by atoms with E-state index in [-0.39, 0.29) is 6.07 Å². The van der Waals surface area contributed by atoms with Crippen molar-refractivity contribution < 1.29 is 36.2 Å². The number of alkyl halides is 3. The lowest BCUT2D eigenvalue weighted by Crippen LogP contribution is -2.21. The minimum absolute atomic E-state index is 0.255. The fourth-order valence-electron chi connectivity index (χ4n) is 1.45. The lowest BCUT2D eigenvalue weighted by Gasteiger charge is -2.15. The summed E-state index contributed by atoms with van der Waals surface area (Å²) in [4.78, 5) is 10.3. The maximum absolute atomic E-state index is 13.4. The predicted octanol–water partition coefficient (Wildman–Crippen LogP) is 2.60. The zero-order valence-electron chi connectivity index (χ0n) is 9.06. The summed E-state index contributed by atoms with van der Waals surface area (Å²) >= 11 is 0. The fraction of sp³-hybridized carbons (Fsp3) is 0.300. The second-order valence-corrected chi connectivity index (χ2v) is 3.65. The summed E-state index contributed by atoms with van der Waals surface area (Å²) in [5.74, 6) is -7.74. The van der Waals surface area contributed by atoms with Gasteiger partial charge in [0.2, 0.25) is 0 Å². The Labute approximate surface area is 102 Å². The van der Waals surface area contributed by atoms with Gasteiger partial charge in [-0.15, -0.1) is 0 Å². The second kappa shape index (κ2) is 5.08. The van der Waals surface area contributed by atoms with Crippen LogP contribution in [0.4, 0.5) is 26.3 Å². The number of benzene rings is 1. The summed E-state index contributed by atoms with van der Waals surface area (Å²) in [6.45, 7) is 0. The largest absolute Gasteiger partial charge is 0.481 e. The van der Waals surface area contributed by atoms with Gasteiger partial charge >= 0.3 is 12.1 Å². The van der Waals surface area contributed by atoms with Crippen LogP contribution in [0, 0.1) is 17.5 Å². The molecule has 0 aliphatic rings. The maximum Gasteiger partial charge on any atom is 0.419 e. The number of hydrogen-bond donors (Lipinski definition) is 2. The second-order valence-electron chi connectivity index (χ2n) is 3.65. The molecule has 0 amide bonds. The number of carbonyl (C=O) groups is 1. The minimum atomic E-state index is -5.28. The molecule has 1 aromatic rings. The smallest absolute Gasteiger partial charge is 0.419 e. The average molecular weight is 287 g/mol. The van der Waals surface area contributed by atoms with E-state index in [4.69, 9.17) is 10.8 Å². The van der Waals surface area contributed by atoms with Crippen LogP contribution in [0.2, 0.25) is 0 Å². The zero-order chi connectivity index (χ0) is 15.0. The van der Waals surface area contributed by atoms with E-state index in [0.29, 0.717) is 0 Å². The molecule has 0 saturated carbocycles. The van der Waals surface area contributed by atoms with Crippen LogP contribution < -0.4 is 5.73 Å². The van der Waals surface area contributed by atoms with Crippen molar-refractivity contribution in [2.45, 2.75) is 18.6 Å². The molecule has 0 aliphatic carbocycles. The van der Waals surface area contributed by atoms with Crippen LogP contribution in [0.25, 0.3) is 0 Å². The average Bonchev–Trinajstić information content (AvgIpc) is 2.20. The number of rotatable bonds is 3. The van der Waals surface area contributed by atoms with E-state index < -0.39 is 53.2 Å². The van der Waals surface area contributed by atoms with Crippen molar-refractivity contribution in [3.05, 3.63) is 34.6 Å². The van der Waals surface area contributed by atoms with E-state index in [9.17, 15) is 31.1 Å². The first-order valence-corrected chi connectivity index (χ1v) is 4.77. The molecule has 3 N–H and O–H groups in total.